The van der Waals surface area contributed by atoms with Crippen LogP contribution in [0.5, 0.6) is 5.75 Å². The van der Waals surface area contributed by atoms with Crippen molar-refractivity contribution in [2.45, 2.75) is 33.4 Å². The fourth-order valence-corrected chi connectivity index (χ4v) is 3.85. The lowest BCUT2D eigenvalue weighted by atomic mass is 10.0. The van der Waals surface area contributed by atoms with Crippen LogP contribution in [0.3, 0.4) is 0 Å². The molecule has 3 aromatic rings. The summed E-state index contributed by atoms with van der Waals surface area (Å²) >= 11 is 1.76. The van der Waals surface area contributed by atoms with E-state index in [-0.39, 0.29) is 0 Å². The molecule has 3 rings (SSSR count). The second kappa shape index (κ2) is 6.69. The van der Waals surface area contributed by atoms with Gasteiger partial charge in [0.15, 0.2) is 0 Å². The van der Waals surface area contributed by atoms with Gasteiger partial charge in [0.25, 0.3) is 0 Å². The van der Waals surface area contributed by atoms with Crippen molar-refractivity contribution in [1.29, 1.82) is 0 Å². The number of thiazole rings is 1. The molecule has 23 heavy (non-hydrogen) atoms. The molecular formula is C19H22N2OS. The number of hydrogen-bond donors (Lipinski definition) is 1. The zero-order valence-electron chi connectivity index (χ0n) is 13.8. The summed E-state index contributed by atoms with van der Waals surface area (Å²) in [6.45, 7) is 5.81. The first-order valence-corrected chi connectivity index (χ1v) is 8.73. The SMILES string of the molecule is CCc1cc(CN(C)Cc2nc3ccccc3s2)c(C)cc1O. The van der Waals surface area contributed by atoms with Gasteiger partial charge in [0.2, 0.25) is 0 Å². The molecule has 0 atom stereocenters. The monoisotopic (exact) mass is 326 g/mol. The molecule has 0 saturated heterocycles. The van der Waals surface area contributed by atoms with Crippen LogP contribution < -0.4 is 0 Å². The highest BCUT2D eigenvalue weighted by Gasteiger charge is 2.10. The van der Waals surface area contributed by atoms with Crippen LogP contribution in [0.1, 0.15) is 28.6 Å². The lowest BCUT2D eigenvalue weighted by Crippen LogP contribution is -2.18. The molecule has 1 N–H and O–H groups in total. The Hall–Kier alpha value is -1.91. The third-order valence-corrected chi connectivity index (χ3v) is 5.12. The van der Waals surface area contributed by atoms with E-state index in [0.717, 1.165) is 41.2 Å². The maximum absolute atomic E-state index is 9.94. The van der Waals surface area contributed by atoms with Gasteiger partial charge in [0, 0.05) is 6.54 Å². The normalized spacial score (nSPS) is 11.5. The van der Waals surface area contributed by atoms with Crippen molar-refractivity contribution in [2.75, 3.05) is 7.05 Å². The van der Waals surface area contributed by atoms with Gasteiger partial charge in [-0.15, -0.1) is 11.3 Å². The van der Waals surface area contributed by atoms with E-state index >= 15 is 0 Å². The van der Waals surface area contributed by atoms with Crippen LogP contribution in [-0.2, 0) is 19.5 Å². The van der Waals surface area contributed by atoms with Crippen LogP contribution in [-0.4, -0.2) is 22.0 Å². The molecule has 120 valence electrons. The molecule has 0 spiro atoms. The lowest BCUT2D eigenvalue weighted by Gasteiger charge is -2.18. The molecule has 0 bridgehead atoms. The lowest BCUT2D eigenvalue weighted by molar-refractivity contribution is 0.318. The minimum Gasteiger partial charge on any atom is -0.508 e. The van der Waals surface area contributed by atoms with Gasteiger partial charge >= 0.3 is 0 Å². The molecule has 0 amide bonds. The average Bonchev–Trinajstić information content (AvgIpc) is 2.92. The molecule has 1 aromatic heterocycles. The number of rotatable bonds is 5. The van der Waals surface area contributed by atoms with Crippen molar-refractivity contribution in [3.63, 3.8) is 0 Å². The molecule has 0 saturated carbocycles. The Kier molecular flexibility index (Phi) is 4.64. The van der Waals surface area contributed by atoms with Crippen molar-refractivity contribution in [2.24, 2.45) is 0 Å². The third kappa shape index (κ3) is 3.54. The fourth-order valence-electron chi connectivity index (χ4n) is 2.81. The van der Waals surface area contributed by atoms with E-state index in [9.17, 15) is 5.11 Å². The molecule has 3 nitrogen and oxygen atoms in total. The van der Waals surface area contributed by atoms with E-state index in [1.807, 2.05) is 12.1 Å². The predicted octanol–water partition coefficient (Wildman–Crippen LogP) is 4.50. The number of para-hydroxylation sites is 1. The second-order valence-corrected chi connectivity index (χ2v) is 7.12. The van der Waals surface area contributed by atoms with E-state index in [1.54, 1.807) is 11.3 Å². The summed E-state index contributed by atoms with van der Waals surface area (Å²) in [6, 6.07) is 12.3. The van der Waals surface area contributed by atoms with Crippen LogP contribution in [0.4, 0.5) is 0 Å². The first-order chi connectivity index (χ1) is 11.1. The summed E-state index contributed by atoms with van der Waals surface area (Å²) in [4.78, 5) is 6.98. The Balaban J connectivity index is 1.75. The van der Waals surface area contributed by atoms with Gasteiger partial charge in [-0.2, -0.15) is 0 Å². The van der Waals surface area contributed by atoms with Gasteiger partial charge in [0.1, 0.15) is 10.8 Å². The topological polar surface area (TPSA) is 36.4 Å². The molecule has 0 aliphatic heterocycles. The molecule has 0 fully saturated rings. The first-order valence-electron chi connectivity index (χ1n) is 7.91. The smallest absolute Gasteiger partial charge is 0.119 e. The molecule has 0 aliphatic rings. The number of aromatic hydroxyl groups is 1. The molecule has 1 heterocycles. The van der Waals surface area contributed by atoms with Gasteiger partial charge < -0.3 is 5.11 Å². The van der Waals surface area contributed by atoms with Crippen molar-refractivity contribution in [3.8, 4) is 5.75 Å². The zero-order valence-corrected chi connectivity index (χ0v) is 14.7. The van der Waals surface area contributed by atoms with Crippen molar-refractivity contribution >= 4 is 21.6 Å². The maximum Gasteiger partial charge on any atom is 0.119 e. The van der Waals surface area contributed by atoms with Crippen LogP contribution in [0, 0.1) is 6.92 Å². The number of fused-ring (bicyclic) bond motifs is 1. The van der Waals surface area contributed by atoms with E-state index in [4.69, 9.17) is 4.98 Å². The summed E-state index contributed by atoms with van der Waals surface area (Å²) in [5.74, 6) is 0.405. The Morgan fingerprint density at radius 1 is 1.13 bits per heavy atom. The quantitative estimate of drug-likeness (QED) is 0.749. The molecular weight excluding hydrogens is 304 g/mol. The van der Waals surface area contributed by atoms with Gasteiger partial charge in [-0.1, -0.05) is 25.1 Å². The number of aryl methyl sites for hydroxylation is 2. The van der Waals surface area contributed by atoms with Gasteiger partial charge in [-0.05, 0) is 55.3 Å². The van der Waals surface area contributed by atoms with Crippen LogP contribution in [0.2, 0.25) is 0 Å². The minimum absolute atomic E-state index is 0.405. The Morgan fingerprint density at radius 2 is 1.91 bits per heavy atom. The second-order valence-electron chi connectivity index (χ2n) is 6.01. The number of phenols is 1. The van der Waals surface area contributed by atoms with Crippen LogP contribution >= 0.6 is 11.3 Å². The van der Waals surface area contributed by atoms with E-state index in [1.165, 1.54) is 10.3 Å². The first kappa shape index (κ1) is 16.0. The molecule has 0 unspecified atom stereocenters. The number of aromatic nitrogens is 1. The zero-order chi connectivity index (χ0) is 16.4. The Bertz CT molecular complexity index is 792. The highest BCUT2D eigenvalue weighted by Crippen LogP contribution is 2.25. The maximum atomic E-state index is 9.94. The largest absolute Gasteiger partial charge is 0.508 e. The number of nitrogens with zero attached hydrogens (tertiary/aromatic N) is 2. The van der Waals surface area contributed by atoms with E-state index in [0.29, 0.717) is 5.75 Å². The van der Waals surface area contributed by atoms with Crippen LogP contribution in [0.15, 0.2) is 36.4 Å². The number of benzene rings is 2. The summed E-state index contributed by atoms with van der Waals surface area (Å²) < 4.78 is 1.24. The Labute approximate surface area is 141 Å². The average molecular weight is 326 g/mol. The molecule has 2 aromatic carbocycles. The summed E-state index contributed by atoms with van der Waals surface area (Å²) in [5.41, 5.74) is 4.49. The van der Waals surface area contributed by atoms with Gasteiger partial charge in [0.05, 0.1) is 16.8 Å². The number of hydrogen-bond acceptors (Lipinski definition) is 4. The molecule has 0 radical (unpaired) electrons. The van der Waals surface area contributed by atoms with Crippen LogP contribution in [0.25, 0.3) is 10.2 Å². The fraction of sp³-hybridized carbons (Fsp3) is 0.316. The van der Waals surface area contributed by atoms with Crippen molar-refractivity contribution < 1.29 is 5.11 Å². The third-order valence-electron chi connectivity index (χ3n) is 4.10. The summed E-state index contributed by atoms with van der Waals surface area (Å²) in [5, 5.41) is 11.1. The summed E-state index contributed by atoms with van der Waals surface area (Å²) in [7, 11) is 2.12. The summed E-state index contributed by atoms with van der Waals surface area (Å²) in [6.07, 6.45) is 0.848. The van der Waals surface area contributed by atoms with E-state index < -0.39 is 0 Å². The predicted molar refractivity (Wildman–Crippen MR) is 97.0 cm³/mol. The number of phenolic OH excluding ortho intramolecular Hbond substituents is 1. The van der Waals surface area contributed by atoms with Gasteiger partial charge in [-0.25, -0.2) is 4.98 Å². The Morgan fingerprint density at radius 3 is 2.65 bits per heavy atom. The molecule has 4 heteroatoms. The van der Waals surface area contributed by atoms with Crippen molar-refractivity contribution in [1.82, 2.24) is 9.88 Å². The minimum atomic E-state index is 0.405. The highest BCUT2D eigenvalue weighted by molar-refractivity contribution is 7.18. The van der Waals surface area contributed by atoms with Crippen molar-refractivity contribution in [3.05, 3.63) is 58.1 Å². The standard InChI is InChI=1S/C19H22N2OS/c1-4-14-10-15(13(2)9-17(14)22)11-21(3)12-19-20-16-7-5-6-8-18(16)23-19/h5-10,22H,4,11-12H2,1-3H3. The van der Waals surface area contributed by atoms with E-state index in [2.05, 4.69) is 50.1 Å². The molecule has 0 aliphatic carbocycles. The van der Waals surface area contributed by atoms with Gasteiger partial charge in [-0.3, -0.25) is 4.90 Å². The highest BCUT2D eigenvalue weighted by atomic mass is 32.1.